The number of hydrogen-bond acceptors (Lipinski definition) is 19. The summed E-state index contributed by atoms with van der Waals surface area (Å²) in [4.78, 5) is 0. The van der Waals surface area contributed by atoms with E-state index in [1.807, 2.05) is 56.4 Å². The Morgan fingerprint density at radius 3 is 1.97 bits per heavy atom. The van der Waals surface area contributed by atoms with Crippen LogP contribution >= 0.6 is 0 Å². The number of aliphatic hydroxyl groups excluding tert-OH is 4. The molecular formula is C71H92O19. The molecule has 90 heavy (non-hydrogen) atoms. The number of hydrogen-bond donors (Lipinski definition) is 4. The van der Waals surface area contributed by atoms with E-state index in [0.717, 1.165) is 17.4 Å². The highest BCUT2D eigenvalue weighted by atomic mass is 16.7. The fourth-order valence-corrected chi connectivity index (χ4v) is 17.9. The average Bonchev–Trinajstić information content (AvgIpc) is 1.52. The van der Waals surface area contributed by atoms with Gasteiger partial charge < -0.3 is 91.5 Å². The van der Waals surface area contributed by atoms with Gasteiger partial charge >= 0.3 is 0 Å². The summed E-state index contributed by atoms with van der Waals surface area (Å²) in [6.07, 6.45) is 12.4. The second kappa shape index (κ2) is 24.7. The van der Waals surface area contributed by atoms with Crippen molar-refractivity contribution in [3.8, 4) is 0 Å². The van der Waals surface area contributed by atoms with Crippen molar-refractivity contribution in [3.63, 3.8) is 0 Å². The zero-order valence-electron chi connectivity index (χ0n) is 52.2. The lowest BCUT2D eigenvalue weighted by atomic mass is 9.75. The van der Waals surface area contributed by atoms with E-state index < -0.39 is 121 Å². The van der Waals surface area contributed by atoms with Gasteiger partial charge in [-0.1, -0.05) is 125 Å². The molecule has 0 aromatic heterocycles. The van der Waals surface area contributed by atoms with E-state index in [1.165, 1.54) is 5.39 Å². The molecule has 2 unspecified atom stereocenters. The molecule has 0 bridgehead atoms. The van der Waals surface area contributed by atoms with Crippen LogP contribution < -0.4 is 0 Å². The van der Waals surface area contributed by atoms with Crippen molar-refractivity contribution < 1.29 is 91.5 Å². The van der Waals surface area contributed by atoms with Gasteiger partial charge in [0.05, 0.1) is 123 Å². The third kappa shape index (κ3) is 11.3. The summed E-state index contributed by atoms with van der Waals surface area (Å²) >= 11 is 0. The number of rotatable bonds is 3. The van der Waals surface area contributed by atoms with Crippen molar-refractivity contribution in [2.24, 2.45) is 23.7 Å². The predicted octanol–water partition coefficient (Wildman–Crippen LogP) is 6.88. The summed E-state index contributed by atoms with van der Waals surface area (Å²) in [6, 6.07) is 14.5. The van der Waals surface area contributed by atoms with Gasteiger partial charge in [0.25, 0.3) is 0 Å². The molecule has 14 aliphatic heterocycles. The first-order valence-electron chi connectivity index (χ1n) is 34.0. The van der Waals surface area contributed by atoms with Gasteiger partial charge in [0.2, 0.25) is 0 Å². The minimum Gasteiger partial charge on any atom is -0.391 e. The Morgan fingerprint density at radius 2 is 1.14 bits per heavy atom. The van der Waals surface area contributed by atoms with Crippen molar-refractivity contribution in [2.75, 3.05) is 13.2 Å². The SMILES string of the molecule is C[C@@H]1C[C@@H]2O[C@@H]3[C@@H](C)[C@H](O)[C@@H]4O[C@]5(C[C@H](O)CO5)[C@@H](C)[C@H](C)[C@H]4O[C@H]3C[C@H]2O[C@H]2C[C@H]3O[C@H]4CC=CC[C@H]5O[C@H]6C=C[C@H]7O[C@H]8[C@H](O)[C@H]9O[C@@H](C=CC%10COC(c%11ccc%12ccccc%12c%11)O%10)C=CC[C@@H]9O[C@@H]8C[C@@H]7O[C@@H]6C=C[C@@H]5O[C@@H]4C[C@@H](O)[C@]3(C)O[C@@H]2C1. The zero-order valence-corrected chi connectivity index (χ0v) is 52.2. The van der Waals surface area contributed by atoms with Gasteiger partial charge in [-0.15, -0.1) is 0 Å². The van der Waals surface area contributed by atoms with Gasteiger partial charge in [-0.25, -0.2) is 0 Å². The van der Waals surface area contributed by atoms with Crippen LogP contribution in [0.1, 0.15) is 111 Å². The Hall–Kier alpha value is -3.36. The lowest BCUT2D eigenvalue weighted by Crippen LogP contribution is -2.63. The van der Waals surface area contributed by atoms with Crippen LogP contribution in [0, 0.1) is 23.7 Å². The normalized spacial score (nSPS) is 53.2. The maximum absolute atomic E-state index is 12.5. The van der Waals surface area contributed by atoms with Gasteiger partial charge in [-0.3, -0.25) is 0 Å². The molecular weight excluding hydrogens is 1160 g/mol. The molecule has 16 rings (SSSR count). The lowest BCUT2D eigenvalue weighted by molar-refractivity contribution is -0.339. The quantitative estimate of drug-likeness (QED) is 0.230. The second-order valence-electron chi connectivity index (χ2n) is 29.0. The Kier molecular flexibility index (Phi) is 16.9. The molecule has 4 N–H and O–H groups in total. The largest absolute Gasteiger partial charge is 0.391 e. The highest BCUT2D eigenvalue weighted by Crippen LogP contribution is 2.52. The van der Waals surface area contributed by atoms with Crippen molar-refractivity contribution in [3.05, 3.63) is 109 Å². The number of aliphatic hydroxyl groups is 4. The van der Waals surface area contributed by atoms with E-state index in [4.69, 9.17) is 71.1 Å². The predicted molar refractivity (Wildman–Crippen MR) is 324 cm³/mol. The number of benzene rings is 2. The van der Waals surface area contributed by atoms with Crippen LogP contribution in [-0.2, 0) is 71.1 Å². The molecule has 34 atom stereocenters. The van der Waals surface area contributed by atoms with E-state index in [9.17, 15) is 20.4 Å². The van der Waals surface area contributed by atoms with Crippen molar-refractivity contribution in [1.82, 2.24) is 0 Å². The van der Waals surface area contributed by atoms with E-state index in [0.29, 0.717) is 64.4 Å². The van der Waals surface area contributed by atoms with Gasteiger partial charge in [0.1, 0.15) is 60.5 Å². The summed E-state index contributed by atoms with van der Waals surface area (Å²) in [5, 5.41) is 49.5. The number of ether oxygens (including phenoxy) is 15. The van der Waals surface area contributed by atoms with Crippen LogP contribution in [0.2, 0.25) is 0 Å². The molecule has 14 heterocycles. The second-order valence-corrected chi connectivity index (χ2v) is 29.0. The fourth-order valence-electron chi connectivity index (χ4n) is 17.9. The minimum absolute atomic E-state index is 0.0312. The van der Waals surface area contributed by atoms with E-state index in [-0.39, 0.29) is 91.3 Å². The topological polar surface area (TPSA) is 219 Å². The van der Waals surface area contributed by atoms with E-state index in [1.54, 1.807) is 0 Å². The van der Waals surface area contributed by atoms with Crippen LogP contribution in [0.15, 0.2) is 103 Å². The fraction of sp³-hybridized carbons (Fsp3) is 0.718. The van der Waals surface area contributed by atoms with Crippen LogP contribution in [0.5, 0.6) is 0 Å². The summed E-state index contributed by atoms with van der Waals surface area (Å²) in [5.74, 6) is -1.19. The zero-order chi connectivity index (χ0) is 61.3. The Balaban J connectivity index is 0.559. The molecule has 0 aliphatic carbocycles. The third-order valence-corrected chi connectivity index (χ3v) is 23.2. The molecule has 14 aliphatic rings. The van der Waals surface area contributed by atoms with Crippen LogP contribution in [0.25, 0.3) is 10.8 Å². The van der Waals surface area contributed by atoms with Gasteiger partial charge in [0.15, 0.2) is 12.1 Å². The number of fused-ring (bicyclic) bond motifs is 12. The molecule has 2 aromatic rings. The molecule has 1 spiro atoms. The van der Waals surface area contributed by atoms with Crippen LogP contribution in [-0.4, -0.2) is 210 Å². The van der Waals surface area contributed by atoms with Gasteiger partial charge in [-0.2, -0.15) is 0 Å². The molecule has 10 saturated heterocycles. The standard InChI is InChI=1S/C71H92O19/c1-35-25-52-54(29-58-64(87-52)37(3)62(74)68-65(88-58)36(2)38(4)71(90-68)32-42(72)33-77-71)84-56-31-61-70(5,89-57(56)26-35)60(73)30-55-46(85-61)15-9-8-14-45-47(82-55)21-22-49-48(80-45)23-24-50-53(81-49)28-59-67(86-50)63(75)66-51(83-59)16-10-13-43(78-66)19-20-44-34-76-69(79-44)41-18-17-39-11-6-7-12-40(39)27-41/h6-13,17-24,27,35-38,42-69,72-75H,14-16,25-26,28-34H2,1-5H3/t35-,36+,37+,38+,42+,43-,44?,45-,46+,47+,48+,49-,50-,51+,52+,53+,54-,55-,56+,57-,58+,59-,60-,61-,62+,63-,64-,65-,66+,67-,68+,69?,70+,71-/m1/s1. The molecule has 0 radical (unpaired) electrons. The molecule has 2 aromatic carbocycles. The summed E-state index contributed by atoms with van der Waals surface area (Å²) < 4.78 is 102. The molecule has 19 nitrogen and oxygen atoms in total. The first kappa shape index (κ1) is 61.5. The summed E-state index contributed by atoms with van der Waals surface area (Å²) in [5.41, 5.74) is -0.0665. The summed E-state index contributed by atoms with van der Waals surface area (Å²) in [7, 11) is 0. The van der Waals surface area contributed by atoms with Crippen molar-refractivity contribution >= 4 is 10.8 Å². The minimum atomic E-state index is -1.04. The van der Waals surface area contributed by atoms with Gasteiger partial charge in [-0.05, 0) is 67.7 Å². The maximum atomic E-state index is 12.5. The average molecular weight is 1250 g/mol. The van der Waals surface area contributed by atoms with Crippen molar-refractivity contribution in [1.29, 1.82) is 0 Å². The molecule has 0 amide bonds. The molecule has 10 fully saturated rings. The molecule has 490 valence electrons. The third-order valence-electron chi connectivity index (χ3n) is 23.2. The van der Waals surface area contributed by atoms with Crippen molar-refractivity contribution in [2.45, 2.75) is 281 Å². The van der Waals surface area contributed by atoms with Gasteiger partial charge in [0, 0.05) is 49.5 Å². The highest BCUT2D eigenvalue weighted by Gasteiger charge is 2.63. The monoisotopic (exact) mass is 1250 g/mol. The summed E-state index contributed by atoms with van der Waals surface area (Å²) in [6.45, 7) is 11.1. The van der Waals surface area contributed by atoms with E-state index in [2.05, 4.69) is 81.5 Å². The Morgan fingerprint density at radius 1 is 0.478 bits per heavy atom. The first-order valence-corrected chi connectivity index (χ1v) is 34.0. The molecule has 19 heteroatoms. The first-order chi connectivity index (χ1) is 43.6. The molecule has 0 saturated carbocycles. The maximum Gasteiger partial charge on any atom is 0.184 e. The van der Waals surface area contributed by atoms with Crippen LogP contribution in [0.4, 0.5) is 0 Å². The Bertz CT molecular complexity index is 3050. The van der Waals surface area contributed by atoms with E-state index >= 15 is 0 Å². The highest BCUT2D eigenvalue weighted by molar-refractivity contribution is 5.83. The smallest absolute Gasteiger partial charge is 0.184 e. The van der Waals surface area contributed by atoms with Crippen LogP contribution in [0.3, 0.4) is 0 Å². The lowest BCUT2D eigenvalue weighted by Gasteiger charge is -2.53. The Labute approximate surface area is 527 Å².